The van der Waals surface area contributed by atoms with E-state index in [1.54, 1.807) is 0 Å². The van der Waals surface area contributed by atoms with Crippen molar-refractivity contribution in [1.82, 2.24) is 10.2 Å². The van der Waals surface area contributed by atoms with Crippen LogP contribution in [0, 0.1) is 0 Å². The molecule has 0 spiro atoms. The summed E-state index contributed by atoms with van der Waals surface area (Å²) in [7, 11) is 0. The Bertz CT molecular complexity index is 232. The van der Waals surface area contributed by atoms with Crippen LogP contribution < -0.4 is 11.1 Å². The number of nitrogens with zero attached hydrogens (tertiary/aromatic N) is 1. The van der Waals surface area contributed by atoms with Crippen molar-refractivity contribution in [1.29, 1.82) is 0 Å². The molecule has 0 aromatic carbocycles. The molecule has 1 amide bonds. The molecule has 3 N–H and O–H groups in total. The number of amides is 1. The van der Waals surface area contributed by atoms with Crippen LogP contribution in [0.25, 0.3) is 0 Å². The first-order valence-electron chi connectivity index (χ1n) is 6.05. The van der Waals surface area contributed by atoms with Crippen LogP contribution in [0.4, 0.5) is 0 Å². The number of likely N-dealkylation sites (tertiary alicyclic amines) is 1. The molecule has 0 aromatic heterocycles. The molecule has 0 aromatic rings. The van der Waals surface area contributed by atoms with Crippen molar-refractivity contribution in [2.24, 2.45) is 5.73 Å². The Morgan fingerprint density at radius 2 is 2.13 bits per heavy atom. The second-order valence-corrected chi connectivity index (χ2v) is 4.70. The molecule has 2 heterocycles. The van der Waals surface area contributed by atoms with Crippen molar-refractivity contribution >= 4 is 5.91 Å². The molecule has 15 heavy (non-hydrogen) atoms. The maximum Gasteiger partial charge on any atom is 0.237 e. The van der Waals surface area contributed by atoms with E-state index in [4.69, 9.17) is 5.73 Å². The molecule has 0 radical (unpaired) electrons. The minimum absolute atomic E-state index is 0.0823. The zero-order valence-corrected chi connectivity index (χ0v) is 9.24. The minimum atomic E-state index is 0.0823. The number of carbonyl (C=O) groups is 1. The average Bonchev–Trinajstić information content (AvgIpc) is 2.43. The lowest BCUT2D eigenvalue weighted by Gasteiger charge is -2.35. The van der Waals surface area contributed by atoms with Crippen LogP contribution in [-0.4, -0.2) is 42.5 Å². The van der Waals surface area contributed by atoms with Gasteiger partial charge in [0.15, 0.2) is 0 Å². The highest BCUT2D eigenvalue weighted by Gasteiger charge is 2.29. The summed E-state index contributed by atoms with van der Waals surface area (Å²) in [4.78, 5) is 14.1. The summed E-state index contributed by atoms with van der Waals surface area (Å²) in [5.74, 6) is 0.210. The summed E-state index contributed by atoms with van der Waals surface area (Å²) in [5.41, 5.74) is 5.94. The van der Waals surface area contributed by atoms with E-state index in [0.717, 1.165) is 51.7 Å². The summed E-state index contributed by atoms with van der Waals surface area (Å²) in [6, 6.07) is 0.341. The number of hydrogen-bond donors (Lipinski definition) is 2. The fourth-order valence-electron chi connectivity index (χ4n) is 2.60. The van der Waals surface area contributed by atoms with Gasteiger partial charge in [-0.2, -0.15) is 0 Å². The molecular weight excluding hydrogens is 190 g/mol. The highest BCUT2D eigenvalue weighted by molar-refractivity contribution is 5.81. The molecule has 0 saturated carbocycles. The van der Waals surface area contributed by atoms with Crippen molar-refractivity contribution < 1.29 is 4.79 Å². The molecule has 2 atom stereocenters. The smallest absolute Gasteiger partial charge is 0.237 e. The van der Waals surface area contributed by atoms with Gasteiger partial charge < -0.3 is 11.1 Å². The Balaban J connectivity index is 1.97. The molecule has 4 nitrogen and oxygen atoms in total. The van der Waals surface area contributed by atoms with Crippen LogP contribution in [0.5, 0.6) is 0 Å². The number of rotatable bonds is 1. The van der Waals surface area contributed by atoms with Crippen LogP contribution >= 0.6 is 0 Å². The highest BCUT2D eigenvalue weighted by atomic mass is 16.2. The third-order valence-electron chi connectivity index (χ3n) is 3.44. The molecule has 0 aliphatic carbocycles. The maximum absolute atomic E-state index is 11.8. The maximum atomic E-state index is 11.8. The molecule has 2 aliphatic rings. The van der Waals surface area contributed by atoms with Crippen molar-refractivity contribution in [3.8, 4) is 0 Å². The van der Waals surface area contributed by atoms with Gasteiger partial charge in [-0.15, -0.1) is 0 Å². The lowest BCUT2D eigenvalue weighted by molar-refractivity contribution is -0.126. The molecule has 2 saturated heterocycles. The Labute approximate surface area is 91.2 Å². The topological polar surface area (TPSA) is 58.4 Å². The fourth-order valence-corrected chi connectivity index (χ4v) is 2.60. The summed E-state index contributed by atoms with van der Waals surface area (Å²) in [6.07, 6.45) is 5.49. The Hall–Kier alpha value is -0.610. The van der Waals surface area contributed by atoms with E-state index in [1.807, 2.05) is 0 Å². The lowest BCUT2D eigenvalue weighted by Crippen LogP contribution is -2.52. The van der Waals surface area contributed by atoms with Crippen LogP contribution in [-0.2, 0) is 4.79 Å². The van der Waals surface area contributed by atoms with Crippen LogP contribution in [0.15, 0.2) is 0 Å². The van der Waals surface area contributed by atoms with Crippen molar-refractivity contribution in [3.05, 3.63) is 0 Å². The summed E-state index contributed by atoms with van der Waals surface area (Å²) in [5, 5.41) is 2.99. The van der Waals surface area contributed by atoms with Gasteiger partial charge >= 0.3 is 0 Å². The predicted octanol–water partition coefficient (Wildman–Crippen LogP) is 0.0782. The monoisotopic (exact) mass is 211 g/mol. The first kappa shape index (κ1) is 10.9. The van der Waals surface area contributed by atoms with Gasteiger partial charge in [-0.1, -0.05) is 0 Å². The van der Waals surface area contributed by atoms with Gasteiger partial charge in [-0.3, -0.25) is 9.69 Å². The lowest BCUT2D eigenvalue weighted by atomic mass is 10.0. The number of piperidine rings is 1. The van der Waals surface area contributed by atoms with Gasteiger partial charge in [0, 0.05) is 19.1 Å². The molecule has 86 valence electrons. The third-order valence-corrected chi connectivity index (χ3v) is 3.44. The standard InChI is InChI=1S/C11H21N3O/c12-9-4-3-7-14(8-9)10-5-1-2-6-13-11(10)15/h9-10H,1-8,12H2,(H,13,15)/t9-,10?/m1/s1. The van der Waals surface area contributed by atoms with Crippen LogP contribution in [0.2, 0.25) is 0 Å². The Kier molecular flexibility index (Phi) is 3.59. The second kappa shape index (κ2) is 4.94. The third kappa shape index (κ3) is 2.69. The van der Waals surface area contributed by atoms with Crippen molar-refractivity contribution in [3.63, 3.8) is 0 Å². The van der Waals surface area contributed by atoms with E-state index < -0.39 is 0 Å². The zero-order chi connectivity index (χ0) is 10.7. The average molecular weight is 211 g/mol. The van der Waals surface area contributed by atoms with Gasteiger partial charge in [0.25, 0.3) is 0 Å². The van der Waals surface area contributed by atoms with E-state index in [2.05, 4.69) is 10.2 Å². The molecule has 2 aliphatic heterocycles. The van der Waals surface area contributed by atoms with E-state index in [9.17, 15) is 4.79 Å². The Morgan fingerprint density at radius 1 is 1.27 bits per heavy atom. The van der Waals surface area contributed by atoms with Gasteiger partial charge in [0.1, 0.15) is 0 Å². The molecule has 2 rings (SSSR count). The number of carbonyl (C=O) groups excluding carboxylic acids is 1. The van der Waals surface area contributed by atoms with Crippen LogP contribution in [0.1, 0.15) is 32.1 Å². The van der Waals surface area contributed by atoms with Gasteiger partial charge in [-0.05, 0) is 38.6 Å². The first-order chi connectivity index (χ1) is 7.27. The van der Waals surface area contributed by atoms with E-state index in [-0.39, 0.29) is 18.0 Å². The molecule has 0 bridgehead atoms. The molecule has 1 unspecified atom stereocenters. The normalized spacial score (nSPS) is 34.6. The van der Waals surface area contributed by atoms with Gasteiger partial charge in [0.2, 0.25) is 5.91 Å². The zero-order valence-electron chi connectivity index (χ0n) is 9.24. The van der Waals surface area contributed by atoms with E-state index in [0.29, 0.717) is 0 Å². The number of hydrogen-bond acceptors (Lipinski definition) is 3. The molecule has 4 heteroatoms. The van der Waals surface area contributed by atoms with E-state index in [1.165, 1.54) is 0 Å². The van der Waals surface area contributed by atoms with Crippen molar-refractivity contribution in [2.45, 2.75) is 44.2 Å². The Morgan fingerprint density at radius 3 is 2.93 bits per heavy atom. The second-order valence-electron chi connectivity index (χ2n) is 4.70. The molecular formula is C11H21N3O. The minimum Gasteiger partial charge on any atom is -0.355 e. The first-order valence-corrected chi connectivity index (χ1v) is 6.05. The number of nitrogens with one attached hydrogen (secondary N) is 1. The van der Waals surface area contributed by atoms with Gasteiger partial charge in [0.05, 0.1) is 6.04 Å². The van der Waals surface area contributed by atoms with Crippen LogP contribution in [0.3, 0.4) is 0 Å². The molecule has 2 fully saturated rings. The predicted molar refractivity (Wildman–Crippen MR) is 59.4 cm³/mol. The summed E-state index contributed by atoms with van der Waals surface area (Å²) < 4.78 is 0. The largest absolute Gasteiger partial charge is 0.355 e. The number of nitrogens with two attached hydrogens (primary N) is 1. The summed E-state index contributed by atoms with van der Waals surface area (Å²) in [6.45, 7) is 2.76. The summed E-state index contributed by atoms with van der Waals surface area (Å²) >= 11 is 0. The quantitative estimate of drug-likeness (QED) is 0.645. The highest BCUT2D eigenvalue weighted by Crippen LogP contribution is 2.17. The fraction of sp³-hybridized carbons (Fsp3) is 0.909. The van der Waals surface area contributed by atoms with E-state index >= 15 is 0 Å². The SMILES string of the molecule is N[C@@H]1CCCN(C2CCCCNC2=O)C1. The van der Waals surface area contributed by atoms with Gasteiger partial charge in [-0.25, -0.2) is 0 Å². The van der Waals surface area contributed by atoms with Crippen molar-refractivity contribution in [2.75, 3.05) is 19.6 Å².